The molecule has 0 saturated heterocycles. The van der Waals surface area contributed by atoms with Gasteiger partial charge in [0, 0.05) is 6.04 Å². The number of imidazole rings is 1. The van der Waals surface area contributed by atoms with Crippen LogP contribution < -0.4 is 5.32 Å². The molecule has 1 aliphatic carbocycles. The van der Waals surface area contributed by atoms with Crippen LogP contribution in [0.4, 0.5) is 0 Å². The molecule has 2 N–H and O–H groups in total. The second-order valence-corrected chi connectivity index (χ2v) is 8.01. The number of para-hydroxylation sites is 2. The number of hydrogen-bond donors (Lipinski definition) is 2. The van der Waals surface area contributed by atoms with Crippen LogP contribution in [-0.4, -0.2) is 38.8 Å². The Kier molecular flexibility index (Phi) is 6.77. The van der Waals surface area contributed by atoms with E-state index in [4.69, 9.17) is 0 Å². The van der Waals surface area contributed by atoms with E-state index < -0.39 is 11.9 Å². The highest BCUT2D eigenvalue weighted by atomic mass is 32.2. The van der Waals surface area contributed by atoms with Crippen LogP contribution in [0.25, 0.3) is 11.0 Å². The van der Waals surface area contributed by atoms with Crippen molar-refractivity contribution in [1.82, 2.24) is 14.9 Å². The lowest BCUT2D eigenvalue weighted by Gasteiger charge is -2.27. The highest BCUT2D eigenvalue weighted by molar-refractivity contribution is 7.97. The second kappa shape index (κ2) is 9.26. The lowest BCUT2D eigenvalue weighted by molar-refractivity contribution is -0.143. The van der Waals surface area contributed by atoms with Gasteiger partial charge in [0.25, 0.3) is 0 Å². The maximum absolute atomic E-state index is 12.8. The Morgan fingerprint density at radius 1 is 1.22 bits per heavy atom. The summed E-state index contributed by atoms with van der Waals surface area (Å²) in [5.41, 5.74) is 1.81. The van der Waals surface area contributed by atoms with Gasteiger partial charge in [-0.2, -0.15) is 11.8 Å². The lowest BCUT2D eigenvalue weighted by atomic mass is 9.87. The Bertz CT molecular complexity index is 805. The van der Waals surface area contributed by atoms with Gasteiger partial charge in [-0.25, -0.2) is 4.98 Å². The molecule has 3 rings (SSSR count). The molecule has 1 aliphatic rings. The SMILES string of the molecule is CSCc1nc2ccccc2n1CC(=O)NC1CCCCCCC1C(=O)O. The third kappa shape index (κ3) is 4.83. The molecule has 146 valence electrons. The van der Waals surface area contributed by atoms with Gasteiger partial charge in [-0.15, -0.1) is 0 Å². The van der Waals surface area contributed by atoms with Crippen LogP contribution in [0.2, 0.25) is 0 Å². The summed E-state index contributed by atoms with van der Waals surface area (Å²) in [4.78, 5) is 29.1. The van der Waals surface area contributed by atoms with Crippen LogP contribution in [-0.2, 0) is 21.9 Å². The maximum atomic E-state index is 12.8. The number of benzene rings is 1. The number of carbonyl (C=O) groups excluding carboxylic acids is 1. The molecule has 2 atom stereocenters. The average molecular weight is 390 g/mol. The minimum absolute atomic E-state index is 0.141. The fourth-order valence-electron chi connectivity index (χ4n) is 3.89. The zero-order valence-electron chi connectivity index (χ0n) is 15.7. The van der Waals surface area contributed by atoms with Crippen molar-refractivity contribution < 1.29 is 14.7 Å². The molecule has 6 nitrogen and oxygen atoms in total. The van der Waals surface area contributed by atoms with Crippen LogP contribution >= 0.6 is 11.8 Å². The number of hydrogen-bond acceptors (Lipinski definition) is 4. The van der Waals surface area contributed by atoms with Gasteiger partial charge in [0.2, 0.25) is 5.91 Å². The number of thioether (sulfide) groups is 1. The quantitative estimate of drug-likeness (QED) is 0.791. The molecule has 1 heterocycles. The van der Waals surface area contributed by atoms with Crippen molar-refractivity contribution in [3.8, 4) is 0 Å². The Morgan fingerprint density at radius 3 is 2.70 bits per heavy atom. The standard InChI is InChI=1S/C20H27N3O3S/c1-27-13-18-21-16-10-6-7-11-17(16)23(18)12-19(24)22-15-9-5-3-2-4-8-14(15)20(25)26/h6-7,10-11,14-15H,2-5,8-9,12-13H2,1H3,(H,22,24)(H,25,26). The predicted molar refractivity (Wildman–Crippen MR) is 108 cm³/mol. The van der Waals surface area contributed by atoms with Gasteiger partial charge in [0.1, 0.15) is 12.4 Å². The number of aromatic nitrogens is 2. The van der Waals surface area contributed by atoms with E-state index in [1.807, 2.05) is 35.1 Å². The van der Waals surface area contributed by atoms with Gasteiger partial charge in [-0.3, -0.25) is 9.59 Å². The number of nitrogens with one attached hydrogen (secondary N) is 1. The van der Waals surface area contributed by atoms with Crippen molar-refractivity contribution in [2.45, 2.75) is 56.9 Å². The first-order valence-corrected chi connectivity index (χ1v) is 10.9. The minimum atomic E-state index is -0.807. The van der Waals surface area contributed by atoms with Gasteiger partial charge in [0.15, 0.2) is 0 Å². The summed E-state index contributed by atoms with van der Waals surface area (Å²) in [5, 5.41) is 12.6. The predicted octanol–water partition coefficient (Wildman–Crippen LogP) is 3.44. The topological polar surface area (TPSA) is 84.2 Å². The summed E-state index contributed by atoms with van der Waals surface area (Å²) in [6.45, 7) is 0.166. The number of carbonyl (C=O) groups is 2. The van der Waals surface area contributed by atoms with Crippen LogP contribution in [0.5, 0.6) is 0 Å². The van der Waals surface area contributed by atoms with Gasteiger partial charge < -0.3 is 15.0 Å². The summed E-state index contributed by atoms with van der Waals surface area (Å²) >= 11 is 1.66. The highest BCUT2D eigenvalue weighted by Gasteiger charge is 2.30. The van der Waals surface area contributed by atoms with E-state index in [2.05, 4.69) is 10.3 Å². The molecule has 2 aromatic rings. The molecular formula is C20H27N3O3S. The Labute approximate surface area is 163 Å². The first-order valence-electron chi connectivity index (χ1n) is 9.55. The molecule has 0 radical (unpaired) electrons. The molecule has 2 unspecified atom stereocenters. The number of amides is 1. The minimum Gasteiger partial charge on any atom is -0.481 e. The van der Waals surface area contributed by atoms with Crippen LogP contribution in [0.3, 0.4) is 0 Å². The summed E-state index contributed by atoms with van der Waals surface area (Å²) in [6.07, 6.45) is 7.41. The first-order chi connectivity index (χ1) is 13.1. The van der Waals surface area contributed by atoms with Crippen molar-refractivity contribution in [1.29, 1.82) is 0 Å². The number of fused-ring (bicyclic) bond motifs is 1. The Balaban J connectivity index is 1.77. The molecule has 0 bridgehead atoms. The molecule has 0 spiro atoms. The van der Waals surface area contributed by atoms with Crippen molar-refractivity contribution in [3.63, 3.8) is 0 Å². The molecule has 1 aromatic carbocycles. The molecule has 1 amide bonds. The maximum Gasteiger partial charge on any atom is 0.308 e. The Hall–Kier alpha value is -2.02. The smallest absolute Gasteiger partial charge is 0.308 e. The molecule has 7 heteroatoms. The molecule has 1 saturated carbocycles. The van der Waals surface area contributed by atoms with E-state index in [1.54, 1.807) is 11.8 Å². The van der Waals surface area contributed by atoms with Gasteiger partial charge in [-0.05, 0) is 31.2 Å². The molecule has 0 aliphatic heterocycles. The molecule has 1 fully saturated rings. The van der Waals surface area contributed by atoms with E-state index in [9.17, 15) is 14.7 Å². The van der Waals surface area contributed by atoms with E-state index >= 15 is 0 Å². The van der Waals surface area contributed by atoms with E-state index in [0.717, 1.165) is 54.7 Å². The largest absolute Gasteiger partial charge is 0.481 e. The zero-order chi connectivity index (χ0) is 19.2. The van der Waals surface area contributed by atoms with E-state index in [-0.39, 0.29) is 18.5 Å². The monoisotopic (exact) mass is 389 g/mol. The number of rotatable bonds is 6. The van der Waals surface area contributed by atoms with Crippen molar-refractivity contribution in [2.24, 2.45) is 5.92 Å². The number of aliphatic carboxylic acids is 1. The summed E-state index contributed by atoms with van der Waals surface area (Å²) in [6, 6.07) is 7.50. The molecular weight excluding hydrogens is 362 g/mol. The fourth-order valence-corrected chi connectivity index (χ4v) is 4.37. The van der Waals surface area contributed by atoms with Crippen molar-refractivity contribution >= 4 is 34.7 Å². The van der Waals surface area contributed by atoms with Gasteiger partial charge in [-0.1, -0.05) is 37.8 Å². The fraction of sp³-hybridized carbons (Fsp3) is 0.550. The van der Waals surface area contributed by atoms with E-state index in [1.165, 1.54) is 0 Å². The first kappa shape index (κ1) is 19.7. The number of carboxylic acid groups (broad SMARTS) is 1. The van der Waals surface area contributed by atoms with E-state index in [0.29, 0.717) is 6.42 Å². The third-order valence-corrected chi connectivity index (χ3v) is 5.79. The highest BCUT2D eigenvalue weighted by Crippen LogP contribution is 2.24. The average Bonchev–Trinajstić information content (AvgIpc) is 2.95. The lowest BCUT2D eigenvalue weighted by Crippen LogP contribution is -2.45. The van der Waals surface area contributed by atoms with Crippen LogP contribution in [0.15, 0.2) is 24.3 Å². The van der Waals surface area contributed by atoms with Crippen LogP contribution in [0.1, 0.15) is 44.3 Å². The van der Waals surface area contributed by atoms with Crippen LogP contribution in [0, 0.1) is 5.92 Å². The Morgan fingerprint density at radius 2 is 1.96 bits per heavy atom. The third-order valence-electron chi connectivity index (χ3n) is 5.24. The second-order valence-electron chi connectivity index (χ2n) is 7.15. The van der Waals surface area contributed by atoms with Gasteiger partial charge >= 0.3 is 5.97 Å². The summed E-state index contributed by atoms with van der Waals surface area (Å²) in [7, 11) is 0. The summed E-state index contributed by atoms with van der Waals surface area (Å²) in [5.74, 6) is 0.143. The summed E-state index contributed by atoms with van der Waals surface area (Å²) < 4.78 is 1.94. The van der Waals surface area contributed by atoms with Crippen molar-refractivity contribution in [3.05, 3.63) is 30.1 Å². The molecule has 1 aromatic heterocycles. The number of carboxylic acids is 1. The van der Waals surface area contributed by atoms with Crippen molar-refractivity contribution in [2.75, 3.05) is 6.26 Å². The zero-order valence-corrected chi connectivity index (χ0v) is 16.5. The normalized spacial score (nSPS) is 20.8. The van der Waals surface area contributed by atoms with Gasteiger partial charge in [0.05, 0.1) is 22.7 Å². The molecule has 27 heavy (non-hydrogen) atoms. The number of nitrogens with zero attached hydrogens (tertiary/aromatic N) is 2.